The van der Waals surface area contributed by atoms with Crippen molar-refractivity contribution in [3.63, 3.8) is 0 Å². The van der Waals surface area contributed by atoms with Gasteiger partial charge in [0.25, 0.3) is 0 Å². The Morgan fingerprint density at radius 2 is 1.81 bits per heavy atom. The lowest BCUT2D eigenvalue weighted by atomic mass is 9.60. The van der Waals surface area contributed by atoms with E-state index < -0.39 is 6.09 Å². The van der Waals surface area contributed by atoms with Gasteiger partial charge in [-0.3, -0.25) is 10.1 Å². The SMILES string of the molecule is COc1ccc(C)cc1NC(=O)OC1CC23CCCCC2(CC(=O)C3)C1. The van der Waals surface area contributed by atoms with Crippen molar-refractivity contribution in [2.75, 3.05) is 12.4 Å². The summed E-state index contributed by atoms with van der Waals surface area (Å²) < 4.78 is 11.1. The molecule has 0 aromatic heterocycles. The van der Waals surface area contributed by atoms with E-state index in [9.17, 15) is 9.59 Å². The first kappa shape index (κ1) is 17.4. The lowest BCUT2D eigenvalue weighted by molar-refractivity contribution is -0.118. The molecule has 3 aliphatic carbocycles. The summed E-state index contributed by atoms with van der Waals surface area (Å²) in [6, 6.07) is 5.65. The molecule has 0 heterocycles. The van der Waals surface area contributed by atoms with Crippen molar-refractivity contribution in [3.05, 3.63) is 23.8 Å². The molecule has 0 saturated heterocycles. The molecule has 1 amide bonds. The second kappa shape index (κ2) is 6.29. The van der Waals surface area contributed by atoms with E-state index in [4.69, 9.17) is 9.47 Å². The molecule has 3 aliphatic rings. The Balaban J connectivity index is 1.45. The van der Waals surface area contributed by atoms with Crippen molar-refractivity contribution in [2.24, 2.45) is 10.8 Å². The molecule has 3 saturated carbocycles. The van der Waals surface area contributed by atoms with Crippen molar-refractivity contribution in [1.29, 1.82) is 0 Å². The van der Waals surface area contributed by atoms with Gasteiger partial charge in [-0.15, -0.1) is 0 Å². The van der Waals surface area contributed by atoms with E-state index in [1.54, 1.807) is 7.11 Å². The summed E-state index contributed by atoms with van der Waals surface area (Å²) in [6.45, 7) is 1.97. The topological polar surface area (TPSA) is 64.6 Å². The lowest BCUT2D eigenvalue weighted by Crippen LogP contribution is -2.35. The molecule has 0 bridgehead atoms. The van der Waals surface area contributed by atoms with Crippen molar-refractivity contribution >= 4 is 17.6 Å². The zero-order valence-corrected chi connectivity index (χ0v) is 15.6. The number of carbonyl (C=O) groups is 2. The van der Waals surface area contributed by atoms with Gasteiger partial charge in [-0.2, -0.15) is 0 Å². The average molecular weight is 357 g/mol. The van der Waals surface area contributed by atoms with Crippen LogP contribution in [0.5, 0.6) is 5.75 Å². The quantitative estimate of drug-likeness (QED) is 0.857. The summed E-state index contributed by atoms with van der Waals surface area (Å²) in [6.07, 6.45) is 7.07. The van der Waals surface area contributed by atoms with Crippen LogP contribution in [0, 0.1) is 17.8 Å². The molecule has 4 rings (SSSR count). The highest BCUT2D eigenvalue weighted by atomic mass is 16.6. The van der Waals surface area contributed by atoms with E-state index in [-0.39, 0.29) is 16.9 Å². The maximum absolute atomic E-state index is 12.5. The molecule has 1 aromatic rings. The number of rotatable bonds is 3. The van der Waals surface area contributed by atoms with Gasteiger partial charge in [0.05, 0.1) is 12.8 Å². The fourth-order valence-electron chi connectivity index (χ4n) is 5.85. The molecule has 26 heavy (non-hydrogen) atoms. The zero-order valence-electron chi connectivity index (χ0n) is 15.6. The van der Waals surface area contributed by atoms with Gasteiger partial charge in [-0.1, -0.05) is 18.9 Å². The van der Waals surface area contributed by atoms with Crippen LogP contribution in [0.25, 0.3) is 0 Å². The number of hydrogen-bond acceptors (Lipinski definition) is 4. The van der Waals surface area contributed by atoms with Crippen LogP contribution in [0.15, 0.2) is 18.2 Å². The van der Waals surface area contributed by atoms with Gasteiger partial charge in [0.15, 0.2) is 0 Å². The Hall–Kier alpha value is -2.04. The Bertz CT molecular complexity index is 720. The van der Waals surface area contributed by atoms with Gasteiger partial charge in [0, 0.05) is 12.8 Å². The predicted molar refractivity (Wildman–Crippen MR) is 98.4 cm³/mol. The van der Waals surface area contributed by atoms with Gasteiger partial charge >= 0.3 is 6.09 Å². The second-order valence-electron chi connectivity index (χ2n) is 8.42. The third-order valence-corrected chi connectivity index (χ3v) is 6.86. The number of methoxy groups -OCH3 is 1. The molecule has 0 aliphatic heterocycles. The first-order valence-corrected chi connectivity index (χ1v) is 9.59. The smallest absolute Gasteiger partial charge is 0.412 e. The molecule has 5 heteroatoms. The first-order chi connectivity index (χ1) is 12.5. The van der Waals surface area contributed by atoms with Crippen LogP contribution in [0.2, 0.25) is 0 Å². The number of aryl methyl sites for hydroxylation is 1. The molecule has 0 radical (unpaired) electrons. The number of hydrogen-bond donors (Lipinski definition) is 1. The monoisotopic (exact) mass is 357 g/mol. The number of ether oxygens (including phenoxy) is 2. The van der Waals surface area contributed by atoms with Crippen molar-refractivity contribution < 1.29 is 19.1 Å². The van der Waals surface area contributed by atoms with Crippen molar-refractivity contribution in [1.82, 2.24) is 0 Å². The third kappa shape index (κ3) is 2.78. The fraction of sp³-hybridized carbons (Fsp3) is 0.619. The highest BCUT2D eigenvalue weighted by Crippen LogP contribution is 2.68. The second-order valence-corrected chi connectivity index (χ2v) is 8.42. The van der Waals surface area contributed by atoms with Crippen LogP contribution in [-0.4, -0.2) is 25.1 Å². The number of amides is 1. The van der Waals surface area contributed by atoms with Crippen LogP contribution in [-0.2, 0) is 9.53 Å². The molecule has 5 nitrogen and oxygen atoms in total. The third-order valence-electron chi connectivity index (χ3n) is 6.86. The van der Waals surface area contributed by atoms with Gasteiger partial charge in [-0.05, 0) is 61.1 Å². The highest BCUT2D eigenvalue weighted by Gasteiger charge is 2.64. The lowest BCUT2D eigenvalue weighted by Gasteiger charge is -2.43. The van der Waals surface area contributed by atoms with Crippen LogP contribution in [0.1, 0.15) is 56.9 Å². The van der Waals surface area contributed by atoms with E-state index in [0.29, 0.717) is 30.1 Å². The minimum absolute atomic E-state index is 0.0777. The number of ketones is 1. The molecular formula is C21H27NO4. The maximum Gasteiger partial charge on any atom is 0.412 e. The number of nitrogens with one attached hydrogen (secondary N) is 1. The fourth-order valence-corrected chi connectivity index (χ4v) is 5.85. The van der Waals surface area contributed by atoms with Crippen LogP contribution in [0.3, 0.4) is 0 Å². The van der Waals surface area contributed by atoms with Crippen molar-refractivity contribution in [2.45, 2.75) is 64.4 Å². The summed E-state index contributed by atoms with van der Waals surface area (Å²) in [5.74, 6) is 1.02. The molecule has 3 fully saturated rings. The largest absolute Gasteiger partial charge is 0.495 e. The molecule has 140 valence electrons. The predicted octanol–water partition coefficient (Wildman–Crippen LogP) is 4.62. The van der Waals surface area contributed by atoms with Crippen molar-refractivity contribution in [3.8, 4) is 5.75 Å². The Morgan fingerprint density at radius 1 is 1.15 bits per heavy atom. The normalized spacial score (nSPS) is 32.7. The van der Waals surface area contributed by atoms with Crippen LogP contribution in [0.4, 0.5) is 10.5 Å². The summed E-state index contributed by atoms with van der Waals surface area (Å²) in [4.78, 5) is 24.6. The van der Waals surface area contributed by atoms with E-state index in [2.05, 4.69) is 5.32 Å². The standard InChI is InChI=1S/C21H27NO4/c1-14-5-6-18(25-2)17(9-14)22-19(24)26-16-12-20-7-3-4-8-21(20,13-16)11-15(23)10-20/h5-6,9,16H,3-4,7-8,10-13H2,1-2H3,(H,22,24). The van der Waals surface area contributed by atoms with Gasteiger partial charge in [0.2, 0.25) is 0 Å². The number of benzene rings is 1. The first-order valence-electron chi connectivity index (χ1n) is 9.59. The van der Waals surface area contributed by atoms with E-state index in [1.165, 1.54) is 12.8 Å². The molecule has 1 aromatic carbocycles. The Morgan fingerprint density at radius 3 is 2.42 bits per heavy atom. The summed E-state index contributed by atoms with van der Waals surface area (Å²) in [7, 11) is 1.58. The minimum atomic E-state index is -0.435. The van der Waals surface area contributed by atoms with Gasteiger partial charge < -0.3 is 9.47 Å². The average Bonchev–Trinajstić information content (AvgIpc) is 3.02. The van der Waals surface area contributed by atoms with Crippen LogP contribution < -0.4 is 10.1 Å². The summed E-state index contributed by atoms with van der Waals surface area (Å²) in [5.41, 5.74) is 1.82. The van der Waals surface area contributed by atoms with Gasteiger partial charge in [0.1, 0.15) is 17.6 Å². The van der Waals surface area contributed by atoms with Crippen LogP contribution >= 0.6 is 0 Å². The number of carbonyl (C=O) groups excluding carboxylic acids is 2. The van der Waals surface area contributed by atoms with E-state index in [0.717, 1.165) is 31.2 Å². The summed E-state index contributed by atoms with van der Waals surface area (Å²) >= 11 is 0. The minimum Gasteiger partial charge on any atom is -0.495 e. The highest BCUT2D eigenvalue weighted by molar-refractivity contribution is 5.87. The number of Topliss-reactive ketones (excluding diaryl/α,β-unsaturated/α-hetero) is 1. The number of anilines is 1. The van der Waals surface area contributed by atoms with Gasteiger partial charge in [-0.25, -0.2) is 4.79 Å². The molecule has 2 atom stereocenters. The Labute approximate surface area is 154 Å². The Kier molecular flexibility index (Phi) is 4.20. The maximum atomic E-state index is 12.5. The summed E-state index contributed by atoms with van der Waals surface area (Å²) in [5, 5.41) is 2.83. The molecule has 1 N–H and O–H groups in total. The molecule has 2 unspecified atom stereocenters. The molecule has 0 spiro atoms. The molecular weight excluding hydrogens is 330 g/mol. The van der Waals surface area contributed by atoms with E-state index >= 15 is 0 Å². The zero-order chi connectivity index (χ0) is 18.4. The van der Waals surface area contributed by atoms with E-state index in [1.807, 2.05) is 25.1 Å².